The molecule has 1 N–H and O–H groups in total. The number of carbonyl (C=O) groups excluding carboxylic acids is 1. The second kappa shape index (κ2) is 7.38. The van der Waals surface area contributed by atoms with Crippen LogP contribution >= 0.6 is 11.3 Å². The third-order valence-corrected chi connectivity index (χ3v) is 4.43. The van der Waals surface area contributed by atoms with Crippen LogP contribution in [-0.4, -0.2) is 28.9 Å². The van der Waals surface area contributed by atoms with Crippen LogP contribution in [0.3, 0.4) is 0 Å². The Bertz CT molecular complexity index is 731. The van der Waals surface area contributed by atoms with E-state index in [4.69, 9.17) is 4.74 Å². The third kappa shape index (κ3) is 3.45. The Morgan fingerprint density at radius 3 is 2.73 bits per heavy atom. The van der Waals surface area contributed by atoms with Crippen LogP contribution in [0.15, 0.2) is 29.3 Å². The Morgan fingerprint density at radius 1 is 1.36 bits per heavy atom. The van der Waals surface area contributed by atoms with Gasteiger partial charge in [-0.1, -0.05) is 29.5 Å². The molecule has 0 atom stereocenters. The van der Waals surface area contributed by atoms with Crippen LogP contribution in [0, 0.1) is 13.8 Å². The number of rotatable bonds is 5. The van der Waals surface area contributed by atoms with Gasteiger partial charge in [0.15, 0.2) is 4.80 Å². The first-order valence-corrected chi connectivity index (χ1v) is 7.98. The van der Waals surface area contributed by atoms with E-state index in [-0.39, 0.29) is 12.6 Å². The summed E-state index contributed by atoms with van der Waals surface area (Å²) >= 11 is 1.29. The molecule has 0 unspecified atom stereocenters. The van der Waals surface area contributed by atoms with Gasteiger partial charge in [-0.3, -0.25) is 0 Å². The van der Waals surface area contributed by atoms with Crippen LogP contribution in [0.1, 0.15) is 27.9 Å². The van der Waals surface area contributed by atoms with Crippen LogP contribution in [0.4, 0.5) is 5.69 Å². The summed E-state index contributed by atoms with van der Waals surface area (Å²) in [5, 5.41) is 9.27. The number of hydrogen-bond donors (Lipinski definition) is 1. The topological polar surface area (TPSA) is 63.8 Å². The maximum absolute atomic E-state index is 12.0. The number of carbonyl (C=O) groups is 1. The number of esters is 1. The van der Waals surface area contributed by atoms with Crippen molar-refractivity contribution in [2.45, 2.75) is 27.3 Å². The molecule has 1 heterocycles. The lowest BCUT2D eigenvalue weighted by molar-refractivity contribution is 0.0530. The quantitative estimate of drug-likeness (QED) is 0.861. The SMILES string of the molecule is CCOC(=O)c1sc(=Nc2ccccc2C)n(CCO)c1C. The van der Waals surface area contributed by atoms with Crippen molar-refractivity contribution in [3.05, 3.63) is 45.2 Å². The Kier molecular flexibility index (Phi) is 5.51. The second-order valence-corrected chi connectivity index (χ2v) is 5.77. The number of ether oxygens (including phenoxy) is 1. The molecular weight excluding hydrogens is 300 g/mol. The average molecular weight is 320 g/mol. The molecule has 2 aromatic rings. The number of hydrogen-bond acceptors (Lipinski definition) is 5. The van der Waals surface area contributed by atoms with Crippen molar-refractivity contribution in [3.63, 3.8) is 0 Å². The van der Waals surface area contributed by atoms with Gasteiger partial charge in [-0.15, -0.1) is 0 Å². The zero-order valence-electron chi connectivity index (χ0n) is 13.0. The van der Waals surface area contributed by atoms with Crippen molar-refractivity contribution in [1.82, 2.24) is 4.57 Å². The maximum atomic E-state index is 12.0. The fraction of sp³-hybridized carbons (Fsp3) is 0.375. The fourth-order valence-corrected chi connectivity index (χ4v) is 3.18. The van der Waals surface area contributed by atoms with Crippen molar-refractivity contribution in [3.8, 4) is 0 Å². The molecule has 0 aliphatic carbocycles. The summed E-state index contributed by atoms with van der Waals surface area (Å²) in [7, 11) is 0. The zero-order valence-corrected chi connectivity index (χ0v) is 13.8. The smallest absolute Gasteiger partial charge is 0.350 e. The lowest BCUT2D eigenvalue weighted by Gasteiger charge is -2.05. The number of aromatic nitrogens is 1. The van der Waals surface area contributed by atoms with Crippen LogP contribution in [0.5, 0.6) is 0 Å². The van der Waals surface area contributed by atoms with E-state index in [1.54, 1.807) is 6.92 Å². The lowest BCUT2D eigenvalue weighted by atomic mass is 10.2. The van der Waals surface area contributed by atoms with Crippen molar-refractivity contribution >= 4 is 23.0 Å². The molecule has 0 bridgehead atoms. The molecule has 5 nitrogen and oxygen atoms in total. The number of aliphatic hydroxyl groups excluding tert-OH is 1. The summed E-state index contributed by atoms with van der Waals surface area (Å²) in [6, 6.07) is 7.80. The maximum Gasteiger partial charge on any atom is 0.350 e. The van der Waals surface area contributed by atoms with E-state index in [9.17, 15) is 9.90 Å². The van der Waals surface area contributed by atoms with E-state index >= 15 is 0 Å². The first kappa shape index (κ1) is 16.5. The van der Waals surface area contributed by atoms with E-state index in [0.29, 0.717) is 22.8 Å². The minimum Gasteiger partial charge on any atom is -0.462 e. The van der Waals surface area contributed by atoms with Gasteiger partial charge < -0.3 is 14.4 Å². The van der Waals surface area contributed by atoms with Gasteiger partial charge in [-0.05, 0) is 32.4 Å². The molecular formula is C16H20N2O3S. The average Bonchev–Trinajstić information content (AvgIpc) is 2.80. The number of nitrogens with zero attached hydrogens (tertiary/aromatic N) is 2. The Balaban J connectivity index is 2.57. The molecule has 0 saturated heterocycles. The molecule has 0 radical (unpaired) electrons. The summed E-state index contributed by atoms with van der Waals surface area (Å²) in [6.45, 7) is 6.33. The standard InChI is InChI=1S/C16H20N2O3S/c1-4-21-15(20)14-12(3)18(9-10-19)16(22-14)17-13-8-6-5-7-11(13)2/h5-8,19H,4,9-10H2,1-3H3. The molecule has 0 spiro atoms. The van der Waals surface area contributed by atoms with Crippen molar-refractivity contribution in [1.29, 1.82) is 0 Å². The number of benzene rings is 1. The molecule has 22 heavy (non-hydrogen) atoms. The molecule has 118 valence electrons. The monoisotopic (exact) mass is 320 g/mol. The van der Waals surface area contributed by atoms with Crippen LogP contribution < -0.4 is 4.80 Å². The first-order valence-electron chi connectivity index (χ1n) is 7.17. The van der Waals surface area contributed by atoms with Crippen LogP contribution in [0.2, 0.25) is 0 Å². The number of aliphatic hydroxyl groups is 1. The van der Waals surface area contributed by atoms with E-state index < -0.39 is 0 Å². The normalized spacial score (nSPS) is 11.7. The van der Waals surface area contributed by atoms with Gasteiger partial charge >= 0.3 is 5.97 Å². The highest BCUT2D eigenvalue weighted by Crippen LogP contribution is 2.19. The Labute approximate surface area is 133 Å². The highest BCUT2D eigenvalue weighted by molar-refractivity contribution is 7.11. The Morgan fingerprint density at radius 2 is 2.09 bits per heavy atom. The van der Waals surface area contributed by atoms with E-state index in [0.717, 1.165) is 16.9 Å². The molecule has 0 aliphatic rings. The zero-order chi connectivity index (χ0) is 16.1. The molecule has 6 heteroatoms. The van der Waals surface area contributed by atoms with Gasteiger partial charge in [0.2, 0.25) is 0 Å². The van der Waals surface area contributed by atoms with Crippen molar-refractivity contribution < 1.29 is 14.6 Å². The number of para-hydroxylation sites is 1. The summed E-state index contributed by atoms with van der Waals surface area (Å²) in [5.74, 6) is -0.345. The largest absolute Gasteiger partial charge is 0.462 e. The summed E-state index contributed by atoms with van der Waals surface area (Å²) in [6.07, 6.45) is 0. The fourth-order valence-electron chi connectivity index (χ4n) is 2.11. The van der Waals surface area contributed by atoms with Gasteiger partial charge in [0.1, 0.15) is 4.88 Å². The van der Waals surface area contributed by atoms with Gasteiger partial charge in [-0.2, -0.15) is 0 Å². The van der Waals surface area contributed by atoms with E-state index in [2.05, 4.69) is 4.99 Å². The van der Waals surface area contributed by atoms with Gasteiger partial charge in [0.05, 0.1) is 18.9 Å². The predicted octanol–water partition coefficient (Wildman–Crippen LogP) is 2.57. The van der Waals surface area contributed by atoms with Crippen molar-refractivity contribution in [2.24, 2.45) is 4.99 Å². The molecule has 0 fully saturated rings. The van der Waals surface area contributed by atoms with Gasteiger partial charge in [0, 0.05) is 12.2 Å². The van der Waals surface area contributed by atoms with Gasteiger partial charge in [-0.25, -0.2) is 9.79 Å². The van der Waals surface area contributed by atoms with Gasteiger partial charge in [0.25, 0.3) is 0 Å². The number of thiazole rings is 1. The summed E-state index contributed by atoms with van der Waals surface area (Å²) in [5.41, 5.74) is 2.68. The lowest BCUT2D eigenvalue weighted by Crippen LogP contribution is -2.18. The van der Waals surface area contributed by atoms with E-state index in [1.807, 2.05) is 42.7 Å². The summed E-state index contributed by atoms with van der Waals surface area (Å²) in [4.78, 5) is 17.9. The minimum absolute atomic E-state index is 0.0131. The molecule has 0 saturated carbocycles. The van der Waals surface area contributed by atoms with E-state index in [1.165, 1.54) is 11.3 Å². The third-order valence-electron chi connectivity index (χ3n) is 3.27. The van der Waals surface area contributed by atoms with Crippen LogP contribution in [-0.2, 0) is 11.3 Å². The predicted molar refractivity (Wildman–Crippen MR) is 86.5 cm³/mol. The first-order chi connectivity index (χ1) is 10.6. The number of aryl methyl sites for hydroxylation is 1. The minimum atomic E-state index is -0.345. The highest BCUT2D eigenvalue weighted by Gasteiger charge is 2.17. The highest BCUT2D eigenvalue weighted by atomic mass is 32.1. The molecule has 1 aromatic carbocycles. The molecule has 0 amide bonds. The molecule has 1 aromatic heterocycles. The summed E-state index contributed by atoms with van der Waals surface area (Å²) < 4.78 is 6.93. The second-order valence-electron chi connectivity index (χ2n) is 4.79. The molecule has 0 aliphatic heterocycles. The molecule has 2 rings (SSSR count). The van der Waals surface area contributed by atoms with Crippen LogP contribution in [0.25, 0.3) is 0 Å². The Hall–Kier alpha value is -1.92. The van der Waals surface area contributed by atoms with Crippen molar-refractivity contribution in [2.75, 3.05) is 13.2 Å².